The van der Waals surface area contributed by atoms with E-state index in [4.69, 9.17) is 0 Å². The number of piperidine rings is 1. The van der Waals surface area contributed by atoms with Crippen molar-refractivity contribution in [2.75, 3.05) is 26.7 Å². The van der Waals surface area contributed by atoms with E-state index < -0.39 is 5.60 Å². The smallest absolute Gasteiger partial charge is 0.122 e. The maximum atomic E-state index is 10.5. The van der Waals surface area contributed by atoms with Crippen molar-refractivity contribution < 1.29 is 5.11 Å². The molecule has 1 aliphatic rings. The zero-order valence-corrected chi connectivity index (χ0v) is 11.4. The van der Waals surface area contributed by atoms with Crippen LogP contribution in [0.25, 0.3) is 0 Å². The van der Waals surface area contributed by atoms with Gasteiger partial charge in [-0.1, -0.05) is 0 Å². The van der Waals surface area contributed by atoms with Crippen LogP contribution < -0.4 is 5.32 Å². The first-order valence-electron chi connectivity index (χ1n) is 6.74. The van der Waals surface area contributed by atoms with E-state index in [0.717, 1.165) is 38.3 Å². The predicted octanol–water partition coefficient (Wildman–Crippen LogP) is 0.449. The van der Waals surface area contributed by atoms with E-state index >= 15 is 0 Å². The van der Waals surface area contributed by atoms with E-state index in [1.807, 2.05) is 19.4 Å². The van der Waals surface area contributed by atoms with E-state index in [0.29, 0.717) is 13.1 Å². The summed E-state index contributed by atoms with van der Waals surface area (Å²) >= 11 is 0. The van der Waals surface area contributed by atoms with Gasteiger partial charge in [-0.3, -0.25) is 4.90 Å². The summed E-state index contributed by atoms with van der Waals surface area (Å²) in [6.45, 7) is 6.24. The molecule has 102 valence electrons. The lowest BCUT2D eigenvalue weighted by Gasteiger charge is -2.35. The van der Waals surface area contributed by atoms with Gasteiger partial charge in [0.1, 0.15) is 5.82 Å². The molecule has 0 radical (unpaired) electrons. The first-order valence-corrected chi connectivity index (χ1v) is 6.74. The van der Waals surface area contributed by atoms with Crippen molar-refractivity contribution in [3.63, 3.8) is 0 Å². The molecular weight excluding hydrogens is 228 g/mol. The van der Waals surface area contributed by atoms with Gasteiger partial charge in [0.25, 0.3) is 0 Å². The average molecular weight is 252 g/mol. The average Bonchev–Trinajstić information content (AvgIpc) is 2.76. The molecule has 1 aliphatic heterocycles. The standard InChI is InChI=1S/C13H24N4O/c1-3-17-8-7-15-12(17)9-16(2)11-13(18)5-4-6-14-10-13/h7-8,14,18H,3-6,9-11H2,1-2H3/t13-/m0/s1. The third kappa shape index (κ3) is 3.31. The van der Waals surface area contributed by atoms with E-state index in [2.05, 4.69) is 26.7 Å². The SMILES string of the molecule is CCn1ccnc1CN(C)C[C@]1(O)CCCNC1. The Labute approximate surface area is 109 Å². The van der Waals surface area contributed by atoms with Crippen molar-refractivity contribution in [3.8, 4) is 0 Å². The predicted molar refractivity (Wildman–Crippen MR) is 71.3 cm³/mol. The lowest BCUT2D eigenvalue weighted by molar-refractivity contribution is -0.0118. The van der Waals surface area contributed by atoms with Crippen LogP contribution in [0.1, 0.15) is 25.6 Å². The molecule has 1 aromatic heterocycles. The second-order valence-corrected chi connectivity index (χ2v) is 5.31. The molecule has 0 unspecified atom stereocenters. The highest BCUT2D eigenvalue weighted by Crippen LogP contribution is 2.17. The summed E-state index contributed by atoms with van der Waals surface area (Å²) in [6, 6.07) is 0. The van der Waals surface area contributed by atoms with Crippen LogP contribution in [0.15, 0.2) is 12.4 Å². The number of aliphatic hydroxyl groups is 1. The Morgan fingerprint density at radius 2 is 2.44 bits per heavy atom. The zero-order chi connectivity index (χ0) is 13.0. The van der Waals surface area contributed by atoms with Crippen molar-refractivity contribution in [2.24, 2.45) is 0 Å². The molecule has 0 bridgehead atoms. The van der Waals surface area contributed by atoms with Crippen LogP contribution in [0, 0.1) is 0 Å². The first-order chi connectivity index (χ1) is 8.63. The number of nitrogens with one attached hydrogen (secondary N) is 1. The Bertz CT molecular complexity index is 371. The van der Waals surface area contributed by atoms with Crippen LogP contribution in [-0.2, 0) is 13.1 Å². The number of hydrogen-bond acceptors (Lipinski definition) is 4. The number of nitrogens with zero attached hydrogens (tertiary/aromatic N) is 3. The lowest BCUT2D eigenvalue weighted by atomic mass is 9.94. The summed E-state index contributed by atoms with van der Waals surface area (Å²) in [5, 5.41) is 13.7. The Balaban J connectivity index is 1.90. The largest absolute Gasteiger partial charge is 0.387 e. The lowest BCUT2D eigenvalue weighted by Crippen LogP contribution is -2.52. The number of hydrogen-bond donors (Lipinski definition) is 2. The van der Waals surface area contributed by atoms with Crippen LogP contribution >= 0.6 is 0 Å². The summed E-state index contributed by atoms with van der Waals surface area (Å²) < 4.78 is 2.14. The maximum absolute atomic E-state index is 10.5. The minimum Gasteiger partial charge on any atom is -0.387 e. The fourth-order valence-electron chi connectivity index (χ4n) is 2.67. The van der Waals surface area contributed by atoms with Gasteiger partial charge in [0, 0.05) is 32.0 Å². The van der Waals surface area contributed by atoms with E-state index in [1.54, 1.807) is 0 Å². The minimum absolute atomic E-state index is 0.587. The number of imidazole rings is 1. The van der Waals surface area contributed by atoms with Crippen LogP contribution in [-0.4, -0.2) is 51.8 Å². The topological polar surface area (TPSA) is 53.3 Å². The molecule has 2 N–H and O–H groups in total. The molecule has 1 fully saturated rings. The van der Waals surface area contributed by atoms with Gasteiger partial charge in [-0.2, -0.15) is 0 Å². The molecule has 0 aliphatic carbocycles. The Morgan fingerprint density at radius 1 is 1.61 bits per heavy atom. The molecule has 1 saturated heterocycles. The monoisotopic (exact) mass is 252 g/mol. The molecular formula is C13H24N4O. The third-order valence-electron chi connectivity index (χ3n) is 3.57. The molecule has 5 heteroatoms. The number of aromatic nitrogens is 2. The minimum atomic E-state index is -0.587. The maximum Gasteiger partial charge on any atom is 0.122 e. The molecule has 1 atom stereocenters. The van der Waals surface area contributed by atoms with Gasteiger partial charge in [0.05, 0.1) is 12.1 Å². The first kappa shape index (κ1) is 13.5. The summed E-state index contributed by atoms with van der Waals surface area (Å²) in [7, 11) is 2.04. The molecule has 18 heavy (non-hydrogen) atoms. The van der Waals surface area contributed by atoms with Crippen LogP contribution in [0.4, 0.5) is 0 Å². The van der Waals surface area contributed by atoms with Crippen LogP contribution in [0.5, 0.6) is 0 Å². The van der Waals surface area contributed by atoms with Gasteiger partial charge in [0.15, 0.2) is 0 Å². The van der Waals surface area contributed by atoms with Gasteiger partial charge < -0.3 is 15.0 Å². The Hall–Kier alpha value is -0.910. The highest BCUT2D eigenvalue weighted by Gasteiger charge is 2.30. The normalized spacial score (nSPS) is 24.7. The van der Waals surface area contributed by atoms with Crippen LogP contribution in [0.2, 0.25) is 0 Å². The van der Waals surface area contributed by atoms with E-state index in [1.165, 1.54) is 0 Å². The van der Waals surface area contributed by atoms with Gasteiger partial charge in [-0.05, 0) is 33.4 Å². The fourth-order valence-corrected chi connectivity index (χ4v) is 2.67. The summed E-state index contributed by atoms with van der Waals surface area (Å²) in [6.07, 6.45) is 5.77. The Kier molecular flexibility index (Phi) is 4.37. The van der Waals surface area contributed by atoms with Crippen molar-refractivity contribution >= 4 is 0 Å². The fraction of sp³-hybridized carbons (Fsp3) is 0.769. The number of rotatable bonds is 5. The highest BCUT2D eigenvalue weighted by atomic mass is 16.3. The molecule has 2 rings (SSSR count). The van der Waals surface area contributed by atoms with Gasteiger partial charge in [-0.15, -0.1) is 0 Å². The van der Waals surface area contributed by atoms with Crippen molar-refractivity contribution in [2.45, 2.75) is 38.5 Å². The van der Waals surface area contributed by atoms with Crippen molar-refractivity contribution in [3.05, 3.63) is 18.2 Å². The Morgan fingerprint density at radius 3 is 3.11 bits per heavy atom. The summed E-state index contributed by atoms with van der Waals surface area (Å²) in [4.78, 5) is 6.52. The van der Waals surface area contributed by atoms with E-state index in [9.17, 15) is 5.11 Å². The van der Waals surface area contributed by atoms with Gasteiger partial charge in [0.2, 0.25) is 0 Å². The number of likely N-dealkylation sites (N-methyl/N-ethyl adjacent to an activating group) is 1. The highest BCUT2D eigenvalue weighted by molar-refractivity contribution is 4.94. The second kappa shape index (κ2) is 5.82. The number of aryl methyl sites for hydroxylation is 1. The van der Waals surface area contributed by atoms with Gasteiger partial charge in [-0.25, -0.2) is 4.98 Å². The molecule has 2 heterocycles. The molecule has 0 spiro atoms. The summed E-state index contributed by atoms with van der Waals surface area (Å²) in [5.41, 5.74) is -0.587. The molecule has 0 saturated carbocycles. The quantitative estimate of drug-likeness (QED) is 0.799. The van der Waals surface area contributed by atoms with Crippen LogP contribution in [0.3, 0.4) is 0 Å². The third-order valence-corrected chi connectivity index (χ3v) is 3.57. The molecule has 0 aromatic carbocycles. The van der Waals surface area contributed by atoms with Crippen molar-refractivity contribution in [1.82, 2.24) is 19.8 Å². The van der Waals surface area contributed by atoms with Gasteiger partial charge >= 0.3 is 0 Å². The van der Waals surface area contributed by atoms with Crippen molar-refractivity contribution in [1.29, 1.82) is 0 Å². The summed E-state index contributed by atoms with van der Waals surface area (Å²) in [5.74, 6) is 1.06. The number of β-amino-alcohol motifs (C(OH)–C–C–N with tert-alkyl or cyclic N) is 1. The molecule has 5 nitrogen and oxygen atoms in total. The zero-order valence-electron chi connectivity index (χ0n) is 11.4. The molecule has 1 aromatic rings. The second-order valence-electron chi connectivity index (χ2n) is 5.31. The molecule has 0 amide bonds. The van der Waals surface area contributed by atoms with E-state index in [-0.39, 0.29) is 0 Å².